The van der Waals surface area contributed by atoms with Gasteiger partial charge in [0.25, 0.3) is 0 Å². The molecule has 0 aromatic rings. The van der Waals surface area contributed by atoms with E-state index in [1.807, 2.05) is 6.08 Å². The molecular formula is C5H11NPb. The molecule has 0 aromatic heterocycles. The molecule has 0 bridgehead atoms. The van der Waals surface area contributed by atoms with Gasteiger partial charge in [0.1, 0.15) is 0 Å². The summed E-state index contributed by atoms with van der Waals surface area (Å²) >= 11 is 0. The summed E-state index contributed by atoms with van der Waals surface area (Å²) in [5, 5.41) is 0. The molecule has 0 amide bonds. The van der Waals surface area contributed by atoms with E-state index < -0.39 is 0 Å². The molecule has 0 saturated carbocycles. The first-order chi connectivity index (χ1) is 2.91. The second kappa shape index (κ2) is 9.80. The van der Waals surface area contributed by atoms with E-state index in [0.717, 1.165) is 19.4 Å². The third-order valence-corrected chi connectivity index (χ3v) is 0.612. The van der Waals surface area contributed by atoms with Gasteiger partial charge < -0.3 is 5.73 Å². The molecule has 0 aromatic carbocycles. The number of hydrogen-bond acceptors (Lipinski definition) is 1. The van der Waals surface area contributed by atoms with E-state index in [-0.39, 0.29) is 27.3 Å². The summed E-state index contributed by atoms with van der Waals surface area (Å²) in [5.41, 5.74) is 5.17. The van der Waals surface area contributed by atoms with Gasteiger partial charge in [-0.1, -0.05) is 6.08 Å². The summed E-state index contributed by atoms with van der Waals surface area (Å²) < 4.78 is 0. The molecule has 0 spiro atoms. The second-order valence-corrected chi connectivity index (χ2v) is 1.22. The summed E-state index contributed by atoms with van der Waals surface area (Å²) in [4.78, 5) is 0. The van der Waals surface area contributed by atoms with E-state index in [4.69, 9.17) is 5.73 Å². The maximum absolute atomic E-state index is 5.17. The van der Waals surface area contributed by atoms with Crippen LogP contribution in [0.2, 0.25) is 0 Å². The normalized spacial score (nSPS) is 7.00. The van der Waals surface area contributed by atoms with Crippen molar-refractivity contribution in [3.05, 3.63) is 12.7 Å². The van der Waals surface area contributed by atoms with Gasteiger partial charge in [-0.15, -0.1) is 6.58 Å². The molecule has 0 atom stereocenters. The van der Waals surface area contributed by atoms with E-state index in [0.29, 0.717) is 0 Å². The zero-order valence-corrected chi connectivity index (χ0v) is 8.37. The monoisotopic (exact) mass is 293 g/mol. The quantitative estimate of drug-likeness (QED) is 0.458. The van der Waals surface area contributed by atoms with Crippen LogP contribution in [0.5, 0.6) is 0 Å². The van der Waals surface area contributed by atoms with Crippen LogP contribution >= 0.6 is 0 Å². The van der Waals surface area contributed by atoms with Crippen LogP contribution in [0.25, 0.3) is 0 Å². The Morgan fingerprint density at radius 3 is 2.29 bits per heavy atom. The third-order valence-electron chi connectivity index (χ3n) is 0.612. The first-order valence-corrected chi connectivity index (χ1v) is 2.22. The Morgan fingerprint density at radius 1 is 1.57 bits per heavy atom. The van der Waals surface area contributed by atoms with E-state index in [1.54, 1.807) is 0 Å². The second-order valence-electron chi connectivity index (χ2n) is 1.22. The fraction of sp³-hybridized carbons (Fsp3) is 0.600. The fourth-order valence-corrected chi connectivity index (χ4v) is 0.262. The van der Waals surface area contributed by atoms with Gasteiger partial charge in [-0.3, -0.25) is 0 Å². The first-order valence-electron chi connectivity index (χ1n) is 2.22. The molecule has 1 nitrogen and oxygen atoms in total. The van der Waals surface area contributed by atoms with Gasteiger partial charge in [0, 0.05) is 27.3 Å². The average molecular weight is 292 g/mol. The summed E-state index contributed by atoms with van der Waals surface area (Å²) in [5.74, 6) is 0. The van der Waals surface area contributed by atoms with Crippen LogP contribution in [0, 0.1) is 0 Å². The Balaban J connectivity index is 0. The molecule has 0 aliphatic carbocycles. The molecule has 0 saturated heterocycles. The van der Waals surface area contributed by atoms with Crippen LogP contribution in [0.15, 0.2) is 12.7 Å². The van der Waals surface area contributed by atoms with Crippen molar-refractivity contribution in [2.45, 2.75) is 12.8 Å². The number of rotatable bonds is 3. The largest absolute Gasteiger partial charge is 0.330 e. The van der Waals surface area contributed by atoms with Crippen LogP contribution in [0.4, 0.5) is 0 Å². The van der Waals surface area contributed by atoms with Gasteiger partial charge in [0.15, 0.2) is 0 Å². The van der Waals surface area contributed by atoms with E-state index in [9.17, 15) is 0 Å². The Morgan fingerprint density at radius 2 is 2.14 bits per heavy atom. The van der Waals surface area contributed by atoms with Crippen molar-refractivity contribution in [3.63, 3.8) is 0 Å². The SMILES string of the molecule is C=CCCCN.[Pb]. The molecular weight excluding hydrogens is 281 g/mol. The number of allylic oxidation sites excluding steroid dienone is 1. The number of unbranched alkanes of at least 4 members (excludes halogenated alkanes) is 1. The first kappa shape index (κ1) is 10.6. The molecule has 7 heavy (non-hydrogen) atoms. The zero-order valence-electron chi connectivity index (χ0n) is 4.48. The van der Waals surface area contributed by atoms with Crippen LogP contribution < -0.4 is 5.73 Å². The molecule has 0 aliphatic rings. The minimum absolute atomic E-state index is 0. The third kappa shape index (κ3) is 10.8. The minimum Gasteiger partial charge on any atom is -0.330 e. The fourth-order valence-electron chi connectivity index (χ4n) is 0.262. The van der Waals surface area contributed by atoms with E-state index in [1.165, 1.54) is 0 Å². The van der Waals surface area contributed by atoms with Gasteiger partial charge in [0.05, 0.1) is 0 Å². The standard InChI is InChI=1S/C5H11N.Pb/c1-2-3-4-5-6;/h2H,1,3-6H2;. The predicted molar refractivity (Wildman–Crippen MR) is 34.2 cm³/mol. The van der Waals surface area contributed by atoms with Crippen LogP contribution in [0.3, 0.4) is 0 Å². The average Bonchev–Trinajstić information content (AvgIpc) is 1.61. The molecule has 40 valence electrons. The van der Waals surface area contributed by atoms with Crippen LogP contribution in [-0.2, 0) is 0 Å². The molecule has 0 fully saturated rings. The topological polar surface area (TPSA) is 26.0 Å². The summed E-state index contributed by atoms with van der Waals surface area (Å²) in [6.07, 6.45) is 4.01. The minimum atomic E-state index is 0. The molecule has 2 N–H and O–H groups in total. The Bertz CT molecular complexity index is 37.1. The molecule has 0 rings (SSSR count). The Kier molecular flexibility index (Phi) is 14.8. The number of nitrogens with two attached hydrogens (primary N) is 1. The Hall–Kier alpha value is 0.622. The zero-order chi connectivity index (χ0) is 4.83. The molecule has 0 aliphatic heterocycles. The van der Waals surface area contributed by atoms with Crippen LogP contribution in [-0.4, -0.2) is 33.8 Å². The van der Waals surface area contributed by atoms with E-state index >= 15 is 0 Å². The Labute approximate surface area is 65.1 Å². The number of hydrogen-bond donors (Lipinski definition) is 1. The molecule has 0 unspecified atom stereocenters. The summed E-state index contributed by atoms with van der Waals surface area (Å²) in [7, 11) is 0. The van der Waals surface area contributed by atoms with Crippen molar-refractivity contribution in [2.24, 2.45) is 5.73 Å². The van der Waals surface area contributed by atoms with Crippen molar-refractivity contribution in [1.82, 2.24) is 0 Å². The van der Waals surface area contributed by atoms with Gasteiger partial charge in [-0.25, -0.2) is 0 Å². The van der Waals surface area contributed by atoms with Gasteiger partial charge in [-0.05, 0) is 19.4 Å². The summed E-state index contributed by atoms with van der Waals surface area (Å²) in [6, 6.07) is 0. The van der Waals surface area contributed by atoms with Crippen molar-refractivity contribution < 1.29 is 0 Å². The van der Waals surface area contributed by atoms with Gasteiger partial charge >= 0.3 is 0 Å². The van der Waals surface area contributed by atoms with Crippen molar-refractivity contribution in [3.8, 4) is 0 Å². The van der Waals surface area contributed by atoms with Crippen molar-refractivity contribution in [1.29, 1.82) is 0 Å². The predicted octanol–water partition coefficient (Wildman–Crippen LogP) is 0.531. The molecule has 4 radical (unpaired) electrons. The van der Waals surface area contributed by atoms with Crippen molar-refractivity contribution >= 4 is 27.3 Å². The molecule has 2 heteroatoms. The van der Waals surface area contributed by atoms with Gasteiger partial charge in [0.2, 0.25) is 0 Å². The summed E-state index contributed by atoms with van der Waals surface area (Å²) in [6.45, 7) is 4.33. The maximum atomic E-state index is 5.17. The van der Waals surface area contributed by atoms with Crippen molar-refractivity contribution in [2.75, 3.05) is 6.54 Å². The van der Waals surface area contributed by atoms with Gasteiger partial charge in [-0.2, -0.15) is 0 Å². The maximum Gasteiger partial charge on any atom is 0 e. The van der Waals surface area contributed by atoms with E-state index in [2.05, 4.69) is 6.58 Å². The van der Waals surface area contributed by atoms with Crippen LogP contribution in [0.1, 0.15) is 12.8 Å². The smallest absolute Gasteiger partial charge is 0 e. The molecule has 0 heterocycles.